The number of halogens is 2. The summed E-state index contributed by atoms with van der Waals surface area (Å²) in [5.74, 6) is 0. The molecule has 0 amide bonds. The molecule has 0 aromatic heterocycles. The third-order valence-corrected chi connectivity index (χ3v) is 3.09. The summed E-state index contributed by atoms with van der Waals surface area (Å²) < 4.78 is 0.980. The topological polar surface area (TPSA) is 26.0 Å². The van der Waals surface area contributed by atoms with E-state index in [1.54, 1.807) is 0 Å². The van der Waals surface area contributed by atoms with Gasteiger partial charge in [0.1, 0.15) is 0 Å². The van der Waals surface area contributed by atoms with Gasteiger partial charge in [-0.15, -0.1) is 0 Å². The van der Waals surface area contributed by atoms with Crippen molar-refractivity contribution in [2.75, 3.05) is 0 Å². The normalized spacial score (nSPS) is 15.5. The van der Waals surface area contributed by atoms with E-state index in [0.717, 1.165) is 21.5 Å². The van der Waals surface area contributed by atoms with E-state index >= 15 is 0 Å². The van der Waals surface area contributed by atoms with E-state index in [9.17, 15) is 0 Å². The van der Waals surface area contributed by atoms with Crippen LogP contribution in [0.2, 0.25) is 5.02 Å². The highest BCUT2D eigenvalue weighted by molar-refractivity contribution is 9.10. The third kappa shape index (κ3) is 2.46. The van der Waals surface area contributed by atoms with Gasteiger partial charge in [-0.25, -0.2) is 0 Å². The molecule has 3 heteroatoms. The van der Waals surface area contributed by atoms with Crippen LogP contribution in [0.4, 0.5) is 0 Å². The van der Waals surface area contributed by atoms with Crippen LogP contribution in [0.15, 0.2) is 22.7 Å². The fourth-order valence-electron chi connectivity index (χ4n) is 1.14. The summed E-state index contributed by atoms with van der Waals surface area (Å²) in [4.78, 5) is 0. The predicted octanol–water partition coefficient (Wildman–Crippen LogP) is 3.69. The van der Waals surface area contributed by atoms with E-state index in [1.165, 1.54) is 0 Å². The molecule has 0 aliphatic carbocycles. The Kier molecular flexibility index (Phi) is 3.38. The van der Waals surface area contributed by atoms with Crippen molar-refractivity contribution in [2.45, 2.75) is 25.8 Å². The molecule has 0 fully saturated rings. The quantitative estimate of drug-likeness (QED) is 0.864. The SMILES string of the molecule is CCC(C)(N)c1ccc(Br)cc1Cl. The van der Waals surface area contributed by atoms with Crippen LogP contribution in [0.5, 0.6) is 0 Å². The molecule has 0 aliphatic rings. The van der Waals surface area contributed by atoms with Gasteiger partial charge in [0.15, 0.2) is 0 Å². The summed E-state index contributed by atoms with van der Waals surface area (Å²) in [6.45, 7) is 4.04. The van der Waals surface area contributed by atoms with E-state index in [-0.39, 0.29) is 5.54 Å². The second kappa shape index (κ2) is 3.99. The highest BCUT2D eigenvalue weighted by atomic mass is 79.9. The van der Waals surface area contributed by atoms with Crippen LogP contribution in [0, 0.1) is 0 Å². The van der Waals surface area contributed by atoms with Crippen molar-refractivity contribution >= 4 is 27.5 Å². The highest BCUT2D eigenvalue weighted by Gasteiger charge is 2.21. The summed E-state index contributed by atoms with van der Waals surface area (Å²) in [6, 6.07) is 5.80. The molecule has 0 radical (unpaired) electrons. The minimum Gasteiger partial charge on any atom is -0.322 e. The van der Waals surface area contributed by atoms with Gasteiger partial charge in [-0.1, -0.05) is 40.5 Å². The van der Waals surface area contributed by atoms with Crippen molar-refractivity contribution in [1.29, 1.82) is 0 Å². The van der Waals surface area contributed by atoms with Crippen LogP contribution in [0.3, 0.4) is 0 Å². The second-order valence-electron chi connectivity index (χ2n) is 3.40. The molecule has 2 N–H and O–H groups in total. The molecule has 0 heterocycles. The molecular formula is C10H13BrClN. The minimum absolute atomic E-state index is 0.336. The maximum atomic E-state index is 6.09. The number of hydrogen-bond donors (Lipinski definition) is 1. The van der Waals surface area contributed by atoms with Crippen molar-refractivity contribution in [3.05, 3.63) is 33.3 Å². The van der Waals surface area contributed by atoms with Gasteiger partial charge < -0.3 is 5.73 Å². The maximum absolute atomic E-state index is 6.09. The first-order valence-corrected chi connectivity index (χ1v) is 5.39. The van der Waals surface area contributed by atoms with Gasteiger partial charge in [0.25, 0.3) is 0 Å². The van der Waals surface area contributed by atoms with Gasteiger partial charge in [-0.3, -0.25) is 0 Å². The number of benzene rings is 1. The molecule has 0 spiro atoms. The Balaban J connectivity index is 3.16. The first kappa shape index (κ1) is 11.0. The van der Waals surface area contributed by atoms with Gasteiger partial charge in [0, 0.05) is 15.0 Å². The van der Waals surface area contributed by atoms with Crippen LogP contribution in [-0.2, 0) is 5.54 Å². The molecule has 1 unspecified atom stereocenters. The summed E-state index contributed by atoms with van der Waals surface area (Å²) >= 11 is 9.44. The van der Waals surface area contributed by atoms with Crippen LogP contribution in [0.1, 0.15) is 25.8 Å². The van der Waals surface area contributed by atoms with Gasteiger partial charge >= 0.3 is 0 Å². The fraction of sp³-hybridized carbons (Fsp3) is 0.400. The first-order chi connectivity index (χ1) is 5.97. The summed E-state index contributed by atoms with van der Waals surface area (Å²) in [5.41, 5.74) is 6.75. The molecule has 0 saturated carbocycles. The Morgan fingerprint density at radius 3 is 2.62 bits per heavy atom. The van der Waals surface area contributed by atoms with Gasteiger partial charge in [0.2, 0.25) is 0 Å². The summed E-state index contributed by atoms with van der Waals surface area (Å²) in [5, 5.41) is 0.723. The van der Waals surface area contributed by atoms with Gasteiger partial charge in [-0.05, 0) is 31.0 Å². The zero-order valence-electron chi connectivity index (χ0n) is 7.77. The Morgan fingerprint density at radius 2 is 2.15 bits per heavy atom. The lowest BCUT2D eigenvalue weighted by Crippen LogP contribution is -2.32. The molecule has 1 rings (SSSR count). The van der Waals surface area contributed by atoms with Crippen molar-refractivity contribution in [3.63, 3.8) is 0 Å². The maximum Gasteiger partial charge on any atom is 0.0467 e. The summed E-state index contributed by atoms with van der Waals surface area (Å²) in [6.07, 6.45) is 0.869. The largest absolute Gasteiger partial charge is 0.322 e. The Bertz CT molecular complexity index is 310. The molecule has 1 aromatic rings. The molecule has 72 valence electrons. The summed E-state index contributed by atoms with van der Waals surface area (Å²) in [7, 11) is 0. The Morgan fingerprint density at radius 1 is 1.54 bits per heavy atom. The van der Waals surface area contributed by atoms with Crippen molar-refractivity contribution in [2.24, 2.45) is 5.73 Å². The average Bonchev–Trinajstić information content (AvgIpc) is 2.03. The first-order valence-electron chi connectivity index (χ1n) is 4.22. The van der Waals surface area contributed by atoms with Crippen molar-refractivity contribution in [1.82, 2.24) is 0 Å². The minimum atomic E-state index is -0.336. The number of rotatable bonds is 2. The van der Waals surface area contributed by atoms with Crippen molar-refractivity contribution < 1.29 is 0 Å². The molecule has 0 aliphatic heterocycles. The van der Waals surface area contributed by atoms with Gasteiger partial charge in [0.05, 0.1) is 0 Å². The molecule has 1 aromatic carbocycles. The van der Waals surface area contributed by atoms with E-state index < -0.39 is 0 Å². The highest BCUT2D eigenvalue weighted by Crippen LogP contribution is 2.30. The lowest BCUT2D eigenvalue weighted by Gasteiger charge is -2.24. The lowest BCUT2D eigenvalue weighted by molar-refractivity contribution is 0.476. The molecule has 1 nitrogen and oxygen atoms in total. The molecular weight excluding hydrogens is 249 g/mol. The van der Waals surface area contributed by atoms with E-state index in [1.807, 2.05) is 25.1 Å². The standard InChI is InChI=1S/C10H13BrClN/c1-3-10(2,13)8-5-4-7(11)6-9(8)12/h4-6H,3,13H2,1-2H3. The lowest BCUT2D eigenvalue weighted by atomic mass is 9.91. The predicted molar refractivity (Wildman–Crippen MR) is 61.0 cm³/mol. The molecule has 1 atom stereocenters. The zero-order valence-corrected chi connectivity index (χ0v) is 10.1. The van der Waals surface area contributed by atoms with Crippen molar-refractivity contribution in [3.8, 4) is 0 Å². The van der Waals surface area contributed by atoms with Gasteiger partial charge in [-0.2, -0.15) is 0 Å². The number of nitrogens with two attached hydrogens (primary N) is 1. The molecule has 0 saturated heterocycles. The third-order valence-electron chi connectivity index (χ3n) is 2.28. The van der Waals surface area contributed by atoms with E-state index in [4.69, 9.17) is 17.3 Å². The molecule has 13 heavy (non-hydrogen) atoms. The molecule has 0 bridgehead atoms. The van der Waals surface area contributed by atoms with E-state index in [2.05, 4.69) is 22.9 Å². The second-order valence-corrected chi connectivity index (χ2v) is 4.72. The Labute approximate surface area is 92.4 Å². The van der Waals surface area contributed by atoms with Crippen LogP contribution in [0.25, 0.3) is 0 Å². The zero-order chi connectivity index (χ0) is 10.1. The monoisotopic (exact) mass is 261 g/mol. The van der Waals surface area contributed by atoms with E-state index in [0.29, 0.717) is 0 Å². The Hall–Kier alpha value is -0.0500. The number of hydrogen-bond acceptors (Lipinski definition) is 1. The average molecular weight is 263 g/mol. The smallest absolute Gasteiger partial charge is 0.0467 e. The van der Waals surface area contributed by atoms with Crippen LogP contribution >= 0.6 is 27.5 Å². The van der Waals surface area contributed by atoms with Crippen LogP contribution < -0.4 is 5.73 Å². The fourth-order valence-corrected chi connectivity index (χ4v) is 2.03. The van der Waals surface area contributed by atoms with Crippen LogP contribution in [-0.4, -0.2) is 0 Å².